The smallest absolute Gasteiger partial charge is 0.254 e. The fourth-order valence-electron chi connectivity index (χ4n) is 3.57. The summed E-state index contributed by atoms with van der Waals surface area (Å²) in [6, 6.07) is 15.7. The molecule has 1 aliphatic rings. The van der Waals surface area contributed by atoms with E-state index in [2.05, 4.69) is 9.97 Å². The van der Waals surface area contributed by atoms with Crippen molar-refractivity contribution >= 4 is 29.1 Å². The summed E-state index contributed by atoms with van der Waals surface area (Å²) < 4.78 is 6.10. The number of aromatic nitrogens is 2. The monoisotopic (exact) mass is 441 g/mol. The lowest BCUT2D eigenvalue weighted by Gasteiger charge is -2.27. The van der Waals surface area contributed by atoms with E-state index in [0.717, 1.165) is 16.7 Å². The summed E-state index contributed by atoms with van der Waals surface area (Å²) in [5, 5.41) is 0.499. The third kappa shape index (κ3) is 4.19. The molecule has 7 heteroatoms. The lowest BCUT2D eigenvalue weighted by atomic mass is 9.98. The molecule has 0 saturated heterocycles. The Labute approximate surface area is 185 Å². The number of ether oxygens (including phenoxy) is 1. The Bertz CT molecular complexity index is 1090. The Morgan fingerprint density at radius 2 is 1.90 bits per heavy atom. The Kier molecular flexibility index (Phi) is 5.78. The molecule has 0 radical (unpaired) electrons. The summed E-state index contributed by atoms with van der Waals surface area (Å²) in [4.78, 5) is 22.8. The summed E-state index contributed by atoms with van der Waals surface area (Å²) in [7, 11) is 0. The van der Waals surface area contributed by atoms with Crippen LogP contribution in [-0.4, -0.2) is 33.9 Å². The van der Waals surface area contributed by atoms with E-state index in [9.17, 15) is 4.79 Å². The Hall–Kier alpha value is -2.47. The molecule has 0 atom stereocenters. The van der Waals surface area contributed by atoms with E-state index in [1.54, 1.807) is 4.90 Å². The second-order valence-corrected chi connectivity index (χ2v) is 8.40. The van der Waals surface area contributed by atoms with Gasteiger partial charge in [-0.1, -0.05) is 54.1 Å². The van der Waals surface area contributed by atoms with Crippen LogP contribution >= 0.6 is 23.2 Å². The SMILES string of the molecule is CC(C)(OCCN1Cc2ccc(-c3nc(Cl)ncc3Cl)cc2C1=O)c1ccccc1. The van der Waals surface area contributed by atoms with Gasteiger partial charge in [0.25, 0.3) is 5.91 Å². The molecule has 3 aromatic rings. The van der Waals surface area contributed by atoms with E-state index < -0.39 is 5.60 Å². The van der Waals surface area contributed by atoms with E-state index in [-0.39, 0.29) is 11.2 Å². The average Bonchev–Trinajstić information content (AvgIpc) is 3.05. The van der Waals surface area contributed by atoms with Gasteiger partial charge >= 0.3 is 0 Å². The van der Waals surface area contributed by atoms with Crippen LogP contribution in [0, 0.1) is 0 Å². The number of carbonyl (C=O) groups is 1. The number of fused-ring (bicyclic) bond motifs is 1. The molecule has 0 N–H and O–H groups in total. The molecule has 0 saturated carbocycles. The van der Waals surface area contributed by atoms with Crippen molar-refractivity contribution in [1.82, 2.24) is 14.9 Å². The van der Waals surface area contributed by atoms with Crippen molar-refractivity contribution in [2.24, 2.45) is 0 Å². The number of rotatable bonds is 6. The van der Waals surface area contributed by atoms with Gasteiger partial charge in [0.15, 0.2) is 0 Å². The number of hydrogen-bond acceptors (Lipinski definition) is 4. The van der Waals surface area contributed by atoms with Crippen LogP contribution in [0.2, 0.25) is 10.3 Å². The van der Waals surface area contributed by atoms with Crippen LogP contribution < -0.4 is 0 Å². The lowest BCUT2D eigenvalue weighted by Crippen LogP contribution is -2.31. The predicted octanol–water partition coefficient (Wildman–Crippen LogP) is 5.36. The molecule has 1 aromatic heterocycles. The molecule has 1 amide bonds. The summed E-state index contributed by atoms with van der Waals surface area (Å²) in [5.41, 5.74) is 3.56. The Morgan fingerprint density at radius 3 is 2.67 bits per heavy atom. The topological polar surface area (TPSA) is 55.3 Å². The van der Waals surface area contributed by atoms with Gasteiger partial charge in [-0.15, -0.1) is 0 Å². The number of benzene rings is 2. The van der Waals surface area contributed by atoms with Crippen LogP contribution in [0.5, 0.6) is 0 Å². The molecule has 5 nitrogen and oxygen atoms in total. The number of hydrogen-bond donors (Lipinski definition) is 0. The minimum atomic E-state index is -0.424. The van der Waals surface area contributed by atoms with Crippen molar-refractivity contribution in [3.05, 3.63) is 81.7 Å². The van der Waals surface area contributed by atoms with Gasteiger partial charge in [-0.05, 0) is 42.6 Å². The second kappa shape index (κ2) is 8.34. The van der Waals surface area contributed by atoms with Gasteiger partial charge in [-0.2, -0.15) is 0 Å². The molecular weight excluding hydrogens is 421 g/mol. The third-order valence-corrected chi connectivity index (χ3v) is 5.73. The van der Waals surface area contributed by atoms with Crippen LogP contribution in [0.15, 0.2) is 54.7 Å². The van der Waals surface area contributed by atoms with Crippen LogP contribution in [0.1, 0.15) is 35.3 Å². The third-order valence-electron chi connectivity index (χ3n) is 5.27. The fourth-order valence-corrected chi connectivity index (χ4v) is 3.90. The molecule has 0 fully saturated rings. The van der Waals surface area contributed by atoms with Gasteiger partial charge in [0, 0.05) is 24.2 Å². The molecule has 154 valence electrons. The van der Waals surface area contributed by atoms with Crippen LogP contribution in [0.4, 0.5) is 0 Å². The van der Waals surface area contributed by atoms with E-state index in [0.29, 0.717) is 36.0 Å². The van der Waals surface area contributed by atoms with Crippen LogP contribution in [0.3, 0.4) is 0 Å². The van der Waals surface area contributed by atoms with Gasteiger partial charge in [-0.25, -0.2) is 9.97 Å². The minimum absolute atomic E-state index is 0.0238. The van der Waals surface area contributed by atoms with E-state index in [1.165, 1.54) is 6.20 Å². The van der Waals surface area contributed by atoms with Gasteiger partial charge < -0.3 is 9.64 Å². The Morgan fingerprint density at radius 1 is 1.13 bits per heavy atom. The molecule has 30 heavy (non-hydrogen) atoms. The standard InChI is InChI=1S/C23H21Cl2N3O2/c1-23(2,17-6-4-3-5-7-17)30-11-10-28-14-16-9-8-15(12-18(16)21(28)29)20-19(24)13-26-22(25)27-20/h3-9,12-13H,10-11,14H2,1-2H3. The molecule has 2 aromatic carbocycles. The van der Waals surface area contributed by atoms with Gasteiger partial charge in [-0.3, -0.25) is 4.79 Å². The summed E-state index contributed by atoms with van der Waals surface area (Å²) in [5.74, 6) is -0.0238. The molecule has 0 unspecified atom stereocenters. The summed E-state index contributed by atoms with van der Waals surface area (Å²) in [6.45, 7) is 5.58. The Balaban J connectivity index is 1.45. The van der Waals surface area contributed by atoms with Gasteiger partial charge in [0.05, 0.1) is 29.1 Å². The molecule has 4 rings (SSSR count). The van der Waals surface area contributed by atoms with Crippen molar-refractivity contribution < 1.29 is 9.53 Å². The first-order valence-corrected chi connectivity index (χ1v) is 10.4. The van der Waals surface area contributed by atoms with Crippen LogP contribution in [0.25, 0.3) is 11.3 Å². The summed E-state index contributed by atoms with van der Waals surface area (Å²) in [6.07, 6.45) is 1.46. The molecule has 0 aliphatic carbocycles. The normalized spacial score (nSPS) is 13.6. The van der Waals surface area contributed by atoms with Crippen molar-refractivity contribution in [3.63, 3.8) is 0 Å². The lowest BCUT2D eigenvalue weighted by molar-refractivity contribution is -0.0288. The predicted molar refractivity (Wildman–Crippen MR) is 118 cm³/mol. The maximum absolute atomic E-state index is 12.9. The van der Waals surface area contributed by atoms with Gasteiger partial charge in [0.1, 0.15) is 0 Å². The first-order valence-electron chi connectivity index (χ1n) is 9.65. The molecular formula is C23H21Cl2N3O2. The first-order chi connectivity index (χ1) is 14.3. The number of halogens is 2. The zero-order chi connectivity index (χ0) is 21.3. The first kappa shape index (κ1) is 20.8. The van der Waals surface area contributed by atoms with Crippen molar-refractivity contribution in [2.75, 3.05) is 13.2 Å². The molecule has 2 heterocycles. The van der Waals surface area contributed by atoms with E-state index in [4.69, 9.17) is 27.9 Å². The van der Waals surface area contributed by atoms with Gasteiger partial charge in [0.2, 0.25) is 5.28 Å². The fraction of sp³-hybridized carbons (Fsp3) is 0.261. The minimum Gasteiger partial charge on any atom is -0.369 e. The highest BCUT2D eigenvalue weighted by Gasteiger charge is 2.29. The van der Waals surface area contributed by atoms with Crippen molar-refractivity contribution in [2.45, 2.75) is 26.0 Å². The largest absolute Gasteiger partial charge is 0.369 e. The highest BCUT2D eigenvalue weighted by Crippen LogP contribution is 2.31. The molecule has 0 spiro atoms. The number of amides is 1. The highest BCUT2D eigenvalue weighted by atomic mass is 35.5. The summed E-state index contributed by atoms with van der Waals surface area (Å²) >= 11 is 12.1. The van der Waals surface area contributed by atoms with Crippen molar-refractivity contribution in [1.29, 1.82) is 0 Å². The maximum Gasteiger partial charge on any atom is 0.254 e. The quantitative estimate of drug-likeness (QED) is 0.483. The highest BCUT2D eigenvalue weighted by molar-refractivity contribution is 6.33. The number of carbonyl (C=O) groups excluding carboxylic acids is 1. The maximum atomic E-state index is 12.9. The van der Waals surface area contributed by atoms with E-state index >= 15 is 0 Å². The molecule has 1 aliphatic heterocycles. The van der Waals surface area contributed by atoms with Crippen LogP contribution in [-0.2, 0) is 16.9 Å². The molecule has 0 bridgehead atoms. The zero-order valence-corrected chi connectivity index (χ0v) is 18.2. The second-order valence-electron chi connectivity index (χ2n) is 7.66. The zero-order valence-electron chi connectivity index (χ0n) is 16.7. The average molecular weight is 442 g/mol. The van der Waals surface area contributed by atoms with E-state index in [1.807, 2.05) is 62.4 Å². The van der Waals surface area contributed by atoms with Crippen molar-refractivity contribution in [3.8, 4) is 11.3 Å². The number of nitrogens with zero attached hydrogens (tertiary/aromatic N) is 3.